The fraction of sp³-hybridized carbons (Fsp3) is 0.385. The molecule has 1 aromatic rings. The Morgan fingerprint density at radius 2 is 2.22 bits per heavy atom. The van der Waals surface area contributed by atoms with Crippen molar-refractivity contribution < 1.29 is 9.53 Å². The molecule has 0 bridgehead atoms. The lowest BCUT2D eigenvalue weighted by Gasteiger charge is -2.16. The van der Waals surface area contributed by atoms with Gasteiger partial charge in [-0.1, -0.05) is 32.1 Å². The Kier molecular flexibility index (Phi) is 5.09. The van der Waals surface area contributed by atoms with Crippen molar-refractivity contribution in [1.82, 2.24) is 0 Å². The topological polar surface area (TPSA) is 64.3 Å². The van der Waals surface area contributed by atoms with Crippen LogP contribution in [-0.4, -0.2) is 18.0 Å². The van der Waals surface area contributed by atoms with Crippen LogP contribution in [0.3, 0.4) is 0 Å². The zero-order valence-corrected chi connectivity index (χ0v) is 11.6. The van der Waals surface area contributed by atoms with E-state index in [0.29, 0.717) is 17.0 Å². The maximum Gasteiger partial charge on any atom is 0.227 e. The SMILES string of the molecule is CCC(C)C(=O)Nc1c(OC)cccc1C(N)=S. The third-order valence-corrected chi connectivity index (χ3v) is 3.04. The number of methoxy groups -OCH3 is 1. The van der Waals surface area contributed by atoms with Crippen molar-refractivity contribution in [2.75, 3.05) is 12.4 Å². The Balaban J connectivity index is 3.12. The Morgan fingerprint density at radius 3 is 2.72 bits per heavy atom. The van der Waals surface area contributed by atoms with Gasteiger partial charge in [0.15, 0.2) is 0 Å². The molecule has 1 rings (SSSR count). The number of carbonyl (C=O) groups is 1. The van der Waals surface area contributed by atoms with Crippen LogP contribution in [0.25, 0.3) is 0 Å². The molecule has 1 atom stereocenters. The van der Waals surface area contributed by atoms with Crippen LogP contribution in [0.4, 0.5) is 5.69 Å². The first-order valence-electron chi connectivity index (χ1n) is 5.78. The maximum absolute atomic E-state index is 11.9. The zero-order valence-electron chi connectivity index (χ0n) is 10.8. The van der Waals surface area contributed by atoms with Crippen LogP contribution in [0.5, 0.6) is 5.75 Å². The van der Waals surface area contributed by atoms with Crippen molar-refractivity contribution in [3.05, 3.63) is 23.8 Å². The van der Waals surface area contributed by atoms with Crippen LogP contribution in [0.1, 0.15) is 25.8 Å². The van der Waals surface area contributed by atoms with E-state index in [1.807, 2.05) is 13.8 Å². The lowest BCUT2D eigenvalue weighted by molar-refractivity contribution is -0.119. The number of hydrogen-bond acceptors (Lipinski definition) is 3. The number of rotatable bonds is 5. The van der Waals surface area contributed by atoms with Gasteiger partial charge in [0.2, 0.25) is 5.91 Å². The lowest BCUT2D eigenvalue weighted by atomic mass is 10.1. The van der Waals surface area contributed by atoms with Gasteiger partial charge in [0, 0.05) is 11.5 Å². The highest BCUT2D eigenvalue weighted by Crippen LogP contribution is 2.28. The molecule has 0 heterocycles. The number of nitrogens with one attached hydrogen (secondary N) is 1. The number of thiocarbonyl (C=S) groups is 1. The lowest BCUT2D eigenvalue weighted by Crippen LogP contribution is -2.22. The Bertz CT molecular complexity index is 460. The molecule has 3 N–H and O–H groups in total. The van der Waals surface area contributed by atoms with Crippen molar-refractivity contribution in [1.29, 1.82) is 0 Å². The number of para-hydroxylation sites is 1. The molecule has 0 radical (unpaired) electrons. The van der Waals surface area contributed by atoms with E-state index in [4.69, 9.17) is 22.7 Å². The molecular weight excluding hydrogens is 248 g/mol. The number of nitrogens with two attached hydrogens (primary N) is 1. The van der Waals surface area contributed by atoms with Crippen molar-refractivity contribution in [2.24, 2.45) is 11.7 Å². The summed E-state index contributed by atoms with van der Waals surface area (Å²) in [4.78, 5) is 12.2. The zero-order chi connectivity index (χ0) is 13.7. The number of carbonyl (C=O) groups excluding carboxylic acids is 1. The summed E-state index contributed by atoms with van der Waals surface area (Å²) in [6.45, 7) is 3.83. The number of amides is 1. The minimum absolute atomic E-state index is 0.0699. The molecule has 0 aliphatic heterocycles. The summed E-state index contributed by atoms with van der Waals surface area (Å²) < 4.78 is 5.22. The average Bonchev–Trinajstić information content (AvgIpc) is 2.37. The van der Waals surface area contributed by atoms with Crippen LogP contribution in [-0.2, 0) is 4.79 Å². The normalized spacial score (nSPS) is 11.7. The summed E-state index contributed by atoms with van der Waals surface area (Å²) in [5.41, 5.74) is 6.80. The maximum atomic E-state index is 11.9. The second-order valence-corrected chi connectivity index (χ2v) is 4.49. The number of ether oxygens (including phenoxy) is 1. The molecule has 1 amide bonds. The van der Waals surface area contributed by atoms with Gasteiger partial charge in [-0.05, 0) is 18.6 Å². The van der Waals surface area contributed by atoms with E-state index >= 15 is 0 Å². The predicted molar refractivity (Wildman–Crippen MR) is 77.0 cm³/mol. The monoisotopic (exact) mass is 266 g/mol. The fourth-order valence-electron chi connectivity index (χ4n) is 1.47. The summed E-state index contributed by atoms with van der Waals surface area (Å²) in [5.74, 6) is 0.408. The van der Waals surface area contributed by atoms with Gasteiger partial charge in [0.1, 0.15) is 10.7 Å². The predicted octanol–water partition coefficient (Wildman–Crippen LogP) is 2.31. The van der Waals surface area contributed by atoms with E-state index in [2.05, 4.69) is 5.32 Å². The summed E-state index contributed by atoms with van der Waals surface area (Å²) >= 11 is 4.97. The number of anilines is 1. The quantitative estimate of drug-likeness (QED) is 0.803. The highest BCUT2D eigenvalue weighted by atomic mass is 32.1. The van der Waals surface area contributed by atoms with Crippen LogP contribution >= 0.6 is 12.2 Å². The summed E-state index contributed by atoms with van der Waals surface area (Å²) in [6.07, 6.45) is 0.767. The molecule has 0 aliphatic rings. The van der Waals surface area contributed by atoms with Gasteiger partial charge in [0.25, 0.3) is 0 Å². The Hall–Kier alpha value is -1.62. The van der Waals surface area contributed by atoms with Crippen LogP contribution < -0.4 is 15.8 Å². The molecule has 0 saturated heterocycles. The van der Waals surface area contributed by atoms with Crippen LogP contribution in [0.15, 0.2) is 18.2 Å². The summed E-state index contributed by atoms with van der Waals surface area (Å²) in [5, 5.41) is 2.83. The van der Waals surface area contributed by atoms with E-state index in [-0.39, 0.29) is 16.8 Å². The number of hydrogen-bond donors (Lipinski definition) is 2. The largest absolute Gasteiger partial charge is 0.495 e. The van der Waals surface area contributed by atoms with E-state index < -0.39 is 0 Å². The molecule has 0 aromatic heterocycles. The number of benzene rings is 1. The third kappa shape index (κ3) is 3.20. The first-order valence-corrected chi connectivity index (χ1v) is 6.19. The molecule has 98 valence electrons. The molecule has 0 fully saturated rings. The van der Waals surface area contributed by atoms with Gasteiger partial charge in [0.05, 0.1) is 12.8 Å². The van der Waals surface area contributed by atoms with Gasteiger partial charge in [-0.25, -0.2) is 0 Å². The molecule has 18 heavy (non-hydrogen) atoms. The molecule has 5 heteroatoms. The standard InChI is InChI=1S/C13H18N2O2S/c1-4-8(2)13(16)15-11-9(12(14)18)6-5-7-10(11)17-3/h5-8H,4H2,1-3H3,(H2,14,18)(H,15,16). The van der Waals surface area contributed by atoms with Gasteiger partial charge < -0.3 is 15.8 Å². The Morgan fingerprint density at radius 1 is 1.56 bits per heavy atom. The molecule has 1 unspecified atom stereocenters. The molecule has 0 saturated carbocycles. The minimum Gasteiger partial charge on any atom is -0.495 e. The fourth-order valence-corrected chi connectivity index (χ4v) is 1.64. The van der Waals surface area contributed by atoms with E-state index in [1.54, 1.807) is 18.2 Å². The first kappa shape index (κ1) is 14.4. The van der Waals surface area contributed by atoms with Crippen LogP contribution in [0, 0.1) is 5.92 Å². The van der Waals surface area contributed by atoms with Crippen molar-refractivity contribution in [3.63, 3.8) is 0 Å². The van der Waals surface area contributed by atoms with E-state index in [1.165, 1.54) is 7.11 Å². The van der Waals surface area contributed by atoms with Gasteiger partial charge in [-0.15, -0.1) is 0 Å². The van der Waals surface area contributed by atoms with Gasteiger partial charge in [-0.3, -0.25) is 4.79 Å². The highest BCUT2D eigenvalue weighted by Gasteiger charge is 2.17. The molecule has 4 nitrogen and oxygen atoms in total. The van der Waals surface area contributed by atoms with E-state index in [0.717, 1.165) is 6.42 Å². The molecule has 0 spiro atoms. The van der Waals surface area contributed by atoms with Crippen molar-refractivity contribution in [2.45, 2.75) is 20.3 Å². The van der Waals surface area contributed by atoms with E-state index in [9.17, 15) is 4.79 Å². The second-order valence-electron chi connectivity index (χ2n) is 4.05. The van der Waals surface area contributed by atoms with Crippen molar-refractivity contribution >= 4 is 28.8 Å². The summed E-state index contributed by atoms with van der Waals surface area (Å²) in [7, 11) is 1.54. The summed E-state index contributed by atoms with van der Waals surface area (Å²) in [6, 6.07) is 5.30. The smallest absolute Gasteiger partial charge is 0.227 e. The first-order chi connectivity index (χ1) is 8.51. The van der Waals surface area contributed by atoms with Crippen LogP contribution in [0.2, 0.25) is 0 Å². The second kappa shape index (κ2) is 6.35. The molecular formula is C13H18N2O2S. The average molecular weight is 266 g/mol. The van der Waals surface area contributed by atoms with Gasteiger partial charge >= 0.3 is 0 Å². The van der Waals surface area contributed by atoms with Gasteiger partial charge in [-0.2, -0.15) is 0 Å². The Labute approximate surface area is 113 Å². The molecule has 1 aromatic carbocycles. The third-order valence-electron chi connectivity index (χ3n) is 2.82. The minimum atomic E-state index is -0.0749. The van der Waals surface area contributed by atoms with Crippen molar-refractivity contribution in [3.8, 4) is 5.75 Å². The highest BCUT2D eigenvalue weighted by molar-refractivity contribution is 7.80. The molecule has 0 aliphatic carbocycles.